The van der Waals surface area contributed by atoms with Crippen molar-refractivity contribution in [1.82, 2.24) is 5.32 Å². The number of halogens is 2. The third-order valence-electron chi connectivity index (χ3n) is 4.38. The van der Waals surface area contributed by atoms with Gasteiger partial charge in [0.2, 0.25) is 0 Å². The second-order valence-electron chi connectivity index (χ2n) is 5.99. The Hall–Kier alpha value is -1.91. The highest BCUT2D eigenvalue weighted by Gasteiger charge is 2.29. The number of carbonyl (C=O) groups excluding carboxylic acids is 2. The van der Waals surface area contributed by atoms with Gasteiger partial charge in [-0.1, -0.05) is 51.3 Å². The van der Waals surface area contributed by atoms with Gasteiger partial charge in [0, 0.05) is 22.1 Å². The largest absolute Gasteiger partial charge is 0.352 e. The molecular formula is C20H17BrClNO2. The van der Waals surface area contributed by atoms with E-state index in [1.54, 1.807) is 0 Å². The van der Waals surface area contributed by atoms with Crippen LogP contribution in [-0.4, -0.2) is 18.7 Å². The summed E-state index contributed by atoms with van der Waals surface area (Å²) in [6.07, 6.45) is 2.22. The number of allylic oxidation sites excluding steroid dienone is 1. The van der Waals surface area contributed by atoms with E-state index in [1.165, 1.54) is 7.05 Å². The third-order valence-corrected chi connectivity index (χ3v) is 5.13. The van der Waals surface area contributed by atoms with Crippen molar-refractivity contribution in [2.75, 3.05) is 7.05 Å². The van der Waals surface area contributed by atoms with E-state index in [1.807, 2.05) is 42.5 Å². The van der Waals surface area contributed by atoms with Crippen molar-refractivity contribution in [3.8, 4) is 0 Å². The van der Waals surface area contributed by atoms with Gasteiger partial charge in [0.25, 0.3) is 11.7 Å². The highest BCUT2D eigenvalue weighted by Crippen LogP contribution is 2.37. The van der Waals surface area contributed by atoms with E-state index in [0.29, 0.717) is 17.0 Å². The molecule has 3 nitrogen and oxygen atoms in total. The zero-order chi connectivity index (χ0) is 18.0. The molecule has 0 aromatic heterocycles. The van der Waals surface area contributed by atoms with Gasteiger partial charge in [-0.3, -0.25) is 9.59 Å². The summed E-state index contributed by atoms with van der Waals surface area (Å²) in [7, 11) is 1.48. The molecule has 0 radical (unpaired) electrons. The molecule has 3 rings (SSSR count). The van der Waals surface area contributed by atoms with Crippen molar-refractivity contribution >= 4 is 44.8 Å². The van der Waals surface area contributed by atoms with Crippen LogP contribution in [0.25, 0.3) is 5.57 Å². The Labute approximate surface area is 160 Å². The Morgan fingerprint density at radius 3 is 2.52 bits per heavy atom. The molecule has 0 heterocycles. The summed E-state index contributed by atoms with van der Waals surface area (Å²) in [5.74, 6) is -1.04. The molecule has 0 atom stereocenters. The van der Waals surface area contributed by atoms with Crippen LogP contribution < -0.4 is 5.32 Å². The number of likely N-dealkylation sites (N-methyl/N-ethyl adjacent to an activating group) is 1. The Kier molecular flexibility index (Phi) is 5.40. The SMILES string of the molecule is CNC(=O)C(=O)C1=C(CCc2ccc(Cl)cc2)Cc2cc(Br)ccc21. The van der Waals surface area contributed by atoms with Gasteiger partial charge < -0.3 is 5.32 Å². The Morgan fingerprint density at radius 2 is 1.84 bits per heavy atom. The second kappa shape index (κ2) is 7.54. The van der Waals surface area contributed by atoms with Gasteiger partial charge in [-0.25, -0.2) is 0 Å². The second-order valence-corrected chi connectivity index (χ2v) is 7.34. The maximum absolute atomic E-state index is 12.6. The lowest BCUT2D eigenvalue weighted by Crippen LogP contribution is -2.28. The van der Waals surface area contributed by atoms with Gasteiger partial charge in [-0.2, -0.15) is 0 Å². The van der Waals surface area contributed by atoms with Crippen LogP contribution >= 0.6 is 27.5 Å². The standard InChI is InChI=1S/C20H17BrClNO2/c1-23-20(25)19(24)18-13(5-2-12-3-7-16(22)8-4-12)10-14-11-15(21)6-9-17(14)18/h3-4,6-9,11H,2,5,10H2,1H3,(H,23,25). The number of rotatable bonds is 5. The molecule has 1 N–H and O–H groups in total. The van der Waals surface area contributed by atoms with Crippen molar-refractivity contribution in [2.45, 2.75) is 19.3 Å². The zero-order valence-corrected chi connectivity index (χ0v) is 16.1. The number of nitrogens with one attached hydrogen (secondary N) is 1. The van der Waals surface area contributed by atoms with Gasteiger partial charge in [0.1, 0.15) is 0 Å². The smallest absolute Gasteiger partial charge is 0.292 e. The van der Waals surface area contributed by atoms with Crippen LogP contribution in [0.1, 0.15) is 23.1 Å². The lowest BCUT2D eigenvalue weighted by Gasteiger charge is -2.08. The quantitative estimate of drug-likeness (QED) is 0.733. The molecule has 0 bridgehead atoms. The first-order chi connectivity index (χ1) is 12.0. The fourth-order valence-electron chi connectivity index (χ4n) is 3.13. The number of Topliss-reactive ketones (excluding diaryl/α,β-unsaturated/α-hetero) is 1. The third kappa shape index (κ3) is 3.86. The Balaban J connectivity index is 1.91. The number of hydrogen-bond donors (Lipinski definition) is 1. The molecule has 2 aromatic rings. The summed E-state index contributed by atoms with van der Waals surface area (Å²) in [4.78, 5) is 24.5. The number of amides is 1. The van der Waals surface area contributed by atoms with E-state index in [2.05, 4.69) is 21.2 Å². The molecule has 0 spiro atoms. The first kappa shape index (κ1) is 17.9. The van der Waals surface area contributed by atoms with Gasteiger partial charge in [0.15, 0.2) is 0 Å². The molecule has 1 amide bonds. The van der Waals surface area contributed by atoms with Crippen molar-refractivity contribution in [3.63, 3.8) is 0 Å². The highest BCUT2D eigenvalue weighted by atomic mass is 79.9. The first-order valence-electron chi connectivity index (χ1n) is 8.01. The number of benzene rings is 2. The van der Waals surface area contributed by atoms with Gasteiger partial charge in [-0.05, 0) is 60.2 Å². The summed E-state index contributed by atoms with van der Waals surface area (Å²) >= 11 is 9.40. The van der Waals surface area contributed by atoms with E-state index in [4.69, 9.17) is 11.6 Å². The fourth-order valence-corrected chi connectivity index (χ4v) is 3.67. The van der Waals surface area contributed by atoms with Gasteiger partial charge in [0.05, 0.1) is 0 Å². The average Bonchev–Trinajstić information content (AvgIpc) is 2.97. The summed E-state index contributed by atoms with van der Waals surface area (Å²) in [6.45, 7) is 0. The van der Waals surface area contributed by atoms with E-state index in [0.717, 1.165) is 39.6 Å². The minimum atomic E-state index is -0.574. The maximum atomic E-state index is 12.6. The Morgan fingerprint density at radius 1 is 1.12 bits per heavy atom. The summed E-state index contributed by atoms with van der Waals surface area (Å²) in [6, 6.07) is 13.5. The van der Waals surface area contributed by atoms with Gasteiger partial charge >= 0.3 is 0 Å². The predicted octanol–water partition coefficient (Wildman–Crippen LogP) is 4.36. The molecule has 0 unspecified atom stereocenters. The summed E-state index contributed by atoms with van der Waals surface area (Å²) in [5.41, 5.74) is 4.66. The number of ketones is 1. The van der Waals surface area contributed by atoms with Crippen molar-refractivity contribution < 1.29 is 9.59 Å². The molecule has 1 aliphatic rings. The van der Waals surface area contributed by atoms with Crippen LogP contribution in [0, 0.1) is 0 Å². The molecule has 1 aliphatic carbocycles. The normalized spacial score (nSPS) is 12.9. The van der Waals surface area contributed by atoms with Crippen LogP contribution in [0.2, 0.25) is 5.02 Å². The minimum absolute atomic E-state index is 0.463. The van der Waals surface area contributed by atoms with Crippen molar-refractivity contribution in [3.05, 3.63) is 74.2 Å². The van der Waals surface area contributed by atoms with Crippen LogP contribution in [0.15, 0.2) is 52.5 Å². The maximum Gasteiger partial charge on any atom is 0.292 e. The number of hydrogen-bond acceptors (Lipinski definition) is 2. The number of aryl methyl sites for hydroxylation is 1. The predicted molar refractivity (Wildman–Crippen MR) is 104 cm³/mol. The fraction of sp³-hybridized carbons (Fsp3) is 0.200. The van der Waals surface area contributed by atoms with E-state index in [-0.39, 0.29) is 0 Å². The lowest BCUT2D eigenvalue weighted by molar-refractivity contribution is -0.134. The Bertz CT molecular complexity index is 872. The van der Waals surface area contributed by atoms with Crippen molar-refractivity contribution in [1.29, 1.82) is 0 Å². The molecular weight excluding hydrogens is 402 g/mol. The lowest BCUT2D eigenvalue weighted by atomic mass is 9.97. The molecule has 0 saturated heterocycles. The van der Waals surface area contributed by atoms with Crippen molar-refractivity contribution in [2.24, 2.45) is 0 Å². The number of carbonyl (C=O) groups is 2. The molecule has 0 saturated carbocycles. The summed E-state index contributed by atoms with van der Waals surface area (Å²) < 4.78 is 0.969. The van der Waals surface area contributed by atoms with Gasteiger partial charge in [-0.15, -0.1) is 0 Å². The molecule has 5 heteroatoms. The van der Waals surface area contributed by atoms with Crippen LogP contribution in [0.4, 0.5) is 0 Å². The average molecular weight is 419 g/mol. The van der Waals surface area contributed by atoms with Crippen LogP contribution in [-0.2, 0) is 22.4 Å². The molecule has 0 aliphatic heterocycles. The minimum Gasteiger partial charge on any atom is -0.352 e. The topological polar surface area (TPSA) is 46.2 Å². The zero-order valence-electron chi connectivity index (χ0n) is 13.7. The summed E-state index contributed by atoms with van der Waals surface area (Å²) in [5, 5.41) is 3.14. The highest BCUT2D eigenvalue weighted by molar-refractivity contribution is 9.10. The molecule has 0 fully saturated rings. The van der Waals surface area contributed by atoms with E-state index in [9.17, 15) is 9.59 Å². The van der Waals surface area contributed by atoms with Crippen LogP contribution in [0.5, 0.6) is 0 Å². The molecule has 128 valence electrons. The monoisotopic (exact) mass is 417 g/mol. The van der Waals surface area contributed by atoms with Crippen LogP contribution in [0.3, 0.4) is 0 Å². The van der Waals surface area contributed by atoms with E-state index < -0.39 is 11.7 Å². The molecule has 25 heavy (non-hydrogen) atoms. The number of fused-ring (bicyclic) bond motifs is 1. The molecule has 2 aromatic carbocycles. The van der Waals surface area contributed by atoms with E-state index >= 15 is 0 Å². The first-order valence-corrected chi connectivity index (χ1v) is 9.18.